The van der Waals surface area contributed by atoms with Crippen LogP contribution in [0.25, 0.3) is 33.2 Å². The van der Waals surface area contributed by atoms with Crippen LogP contribution < -0.4 is 16.0 Å². The zero-order chi connectivity index (χ0) is 28.4. The molecule has 0 unspecified atom stereocenters. The van der Waals surface area contributed by atoms with E-state index in [4.69, 9.17) is 20.2 Å². The third kappa shape index (κ3) is 5.19. The highest BCUT2D eigenvalue weighted by Crippen LogP contribution is 2.41. The molecule has 0 saturated carbocycles. The van der Waals surface area contributed by atoms with Crippen LogP contribution in [0.15, 0.2) is 60.8 Å². The smallest absolute Gasteiger partial charge is 0.411 e. The van der Waals surface area contributed by atoms with Crippen molar-refractivity contribution in [3.63, 3.8) is 0 Å². The molecule has 0 bridgehead atoms. The first-order valence-corrected chi connectivity index (χ1v) is 12.9. The van der Waals surface area contributed by atoms with E-state index in [1.807, 2.05) is 37.3 Å². The predicted octanol–water partition coefficient (Wildman–Crippen LogP) is 5.62. The van der Waals surface area contributed by atoms with Gasteiger partial charge in [-0.2, -0.15) is 5.26 Å². The number of aromatic nitrogens is 1. The van der Waals surface area contributed by atoms with Gasteiger partial charge in [0.25, 0.3) is 0 Å². The van der Waals surface area contributed by atoms with Gasteiger partial charge >= 0.3 is 6.09 Å². The number of nitrogens with two attached hydrogens (primary N) is 1. The number of amides is 1. The van der Waals surface area contributed by atoms with Crippen molar-refractivity contribution in [2.24, 2.45) is 5.73 Å². The lowest BCUT2D eigenvalue weighted by Gasteiger charge is -2.38. The minimum atomic E-state index is -0.675. The van der Waals surface area contributed by atoms with Crippen molar-refractivity contribution in [1.29, 1.82) is 5.26 Å². The van der Waals surface area contributed by atoms with E-state index in [-0.39, 0.29) is 18.0 Å². The molecule has 40 heavy (non-hydrogen) atoms. The molecule has 5 rings (SSSR count). The molecule has 3 N–H and O–H groups in total. The maximum atomic E-state index is 14.6. The van der Waals surface area contributed by atoms with Crippen molar-refractivity contribution in [2.75, 3.05) is 37.5 Å². The van der Waals surface area contributed by atoms with Gasteiger partial charge in [0.2, 0.25) is 0 Å². The van der Waals surface area contributed by atoms with Crippen LogP contribution in [0.4, 0.5) is 20.6 Å². The Morgan fingerprint density at radius 1 is 1.15 bits per heavy atom. The predicted molar refractivity (Wildman–Crippen MR) is 154 cm³/mol. The first-order chi connectivity index (χ1) is 19.3. The van der Waals surface area contributed by atoms with Crippen LogP contribution in [-0.2, 0) is 9.47 Å². The molecular weight excluding hydrogens is 509 g/mol. The molecule has 1 amide bonds. The van der Waals surface area contributed by atoms with Crippen molar-refractivity contribution in [1.82, 2.24) is 4.98 Å². The van der Waals surface area contributed by atoms with Crippen LogP contribution in [0.3, 0.4) is 0 Å². The topological polar surface area (TPSA) is 113 Å². The van der Waals surface area contributed by atoms with Crippen molar-refractivity contribution in [2.45, 2.75) is 25.5 Å². The molecule has 1 saturated heterocycles. The average Bonchev–Trinajstić information content (AvgIpc) is 2.96. The normalized spacial score (nSPS) is 16.9. The number of nitriles is 1. The second-order valence-corrected chi connectivity index (χ2v) is 9.90. The standard InChI is InChI=1S/C31H30FN5O3/c1-18-11-21(13-22(32)12-18)25-16-35-27-8-7-19(23-6-4-5-20(15-33)29(23)36-31(38)40-3)14-24(27)30(25)37-10-9-26(34)28(17-37)39-2/h4-8,11-14,16,26,28H,9-10,17,34H2,1-3H3,(H,36,38)/t26-,28-/m1/s1. The van der Waals surface area contributed by atoms with Gasteiger partial charge in [0.15, 0.2) is 0 Å². The van der Waals surface area contributed by atoms with Crippen LogP contribution in [0.5, 0.6) is 0 Å². The van der Waals surface area contributed by atoms with Crippen LogP contribution in [-0.4, -0.2) is 50.5 Å². The monoisotopic (exact) mass is 539 g/mol. The summed E-state index contributed by atoms with van der Waals surface area (Å²) < 4.78 is 25.1. The molecule has 2 heterocycles. The molecule has 0 radical (unpaired) electrons. The summed E-state index contributed by atoms with van der Waals surface area (Å²) in [5.41, 5.74) is 12.4. The summed E-state index contributed by atoms with van der Waals surface area (Å²) >= 11 is 0. The van der Waals surface area contributed by atoms with E-state index in [1.54, 1.807) is 25.4 Å². The fourth-order valence-electron chi connectivity index (χ4n) is 5.35. The number of para-hydroxylation sites is 1. The number of nitrogens with zero attached hydrogens (tertiary/aromatic N) is 3. The van der Waals surface area contributed by atoms with Gasteiger partial charge in [0.1, 0.15) is 11.9 Å². The number of nitrogens with one attached hydrogen (secondary N) is 1. The number of benzene rings is 3. The molecule has 9 heteroatoms. The van der Waals surface area contributed by atoms with Gasteiger partial charge < -0.3 is 20.1 Å². The maximum Gasteiger partial charge on any atom is 0.411 e. The molecule has 8 nitrogen and oxygen atoms in total. The third-order valence-corrected chi connectivity index (χ3v) is 7.33. The van der Waals surface area contributed by atoms with E-state index in [9.17, 15) is 14.4 Å². The van der Waals surface area contributed by atoms with Gasteiger partial charge in [-0.1, -0.05) is 24.3 Å². The Balaban J connectivity index is 1.75. The van der Waals surface area contributed by atoms with E-state index < -0.39 is 6.09 Å². The van der Waals surface area contributed by atoms with Gasteiger partial charge in [0.05, 0.1) is 35.7 Å². The Morgan fingerprint density at radius 2 is 1.98 bits per heavy atom. The lowest BCUT2D eigenvalue weighted by molar-refractivity contribution is 0.0731. The summed E-state index contributed by atoms with van der Waals surface area (Å²) in [5.74, 6) is -0.322. The minimum Gasteiger partial charge on any atom is -0.453 e. The number of hydrogen-bond acceptors (Lipinski definition) is 7. The second kappa shape index (κ2) is 11.3. The first kappa shape index (κ1) is 27.1. The molecule has 3 aromatic carbocycles. The largest absolute Gasteiger partial charge is 0.453 e. The zero-order valence-corrected chi connectivity index (χ0v) is 22.6. The number of aryl methyl sites for hydroxylation is 1. The number of fused-ring (bicyclic) bond motifs is 1. The highest BCUT2D eigenvalue weighted by atomic mass is 19.1. The van der Waals surface area contributed by atoms with Gasteiger partial charge in [-0.05, 0) is 60.4 Å². The van der Waals surface area contributed by atoms with Crippen LogP contribution in [0, 0.1) is 24.1 Å². The van der Waals surface area contributed by atoms with Gasteiger partial charge in [-0.25, -0.2) is 9.18 Å². The van der Waals surface area contributed by atoms with E-state index in [0.29, 0.717) is 29.9 Å². The third-order valence-electron chi connectivity index (χ3n) is 7.33. The summed E-state index contributed by atoms with van der Waals surface area (Å²) in [7, 11) is 2.93. The summed E-state index contributed by atoms with van der Waals surface area (Å²) in [4.78, 5) is 19.1. The molecule has 1 aromatic heterocycles. The molecule has 1 aliphatic heterocycles. The lowest BCUT2D eigenvalue weighted by Crippen LogP contribution is -2.51. The van der Waals surface area contributed by atoms with Crippen LogP contribution in [0.1, 0.15) is 17.5 Å². The number of halogens is 1. The van der Waals surface area contributed by atoms with Crippen molar-refractivity contribution >= 4 is 28.4 Å². The minimum absolute atomic E-state index is 0.0922. The highest BCUT2D eigenvalue weighted by Gasteiger charge is 2.29. The molecule has 4 aromatic rings. The van der Waals surface area contributed by atoms with E-state index in [0.717, 1.165) is 45.3 Å². The number of carbonyl (C=O) groups excluding carboxylic acids is 1. The van der Waals surface area contributed by atoms with Crippen molar-refractivity contribution < 1.29 is 18.7 Å². The fraction of sp³-hybridized carbons (Fsp3) is 0.258. The van der Waals surface area contributed by atoms with E-state index >= 15 is 0 Å². The van der Waals surface area contributed by atoms with Crippen molar-refractivity contribution in [3.05, 3.63) is 77.7 Å². The highest BCUT2D eigenvalue weighted by molar-refractivity contribution is 6.03. The SMILES string of the molecule is COC(=O)Nc1c(C#N)cccc1-c1ccc2ncc(-c3cc(C)cc(F)c3)c(N3CC[C@@H](N)[C@H](OC)C3)c2c1. The maximum absolute atomic E-state index is 14.6. The number of pyridine rings is 1. The Morgan fingerprint density at radius 3 is 2.70 bits per heavy atom. The number of anilines is 2. The van der Waals surface area contributed by atoms with Gasteiger partial charge in [-0.15, -0.1) is 0 Å². The van der Waals surface area contributed by atoms with Crippen LogP contribution >= 0.6 is 0 Å². The quantitative estimate of drug-likeness (QED) is 0.338. The van der Waals surface area contributed by atoms with Gasteiger partial charge in [-0.3, -0.25) is 10.3 Å². The first-order valence-electron chi connectivity index (χ1n) is 12.9. The number of hydrogen-bond donors (Lipinski definition) is 2. The Labute approximate surface area is 232 Å². The molecule has 1 fully saturated rings. The molecular formula is C31H30FN5O3. The fourth-order valence-corrected chi connectivity index (χ4v) is 5.35. The molecule has 0 spiro atoms. The second-order valence-electron chi connectivity index (χ2n) is 9.90. The molecule has 0 aliphatic carbocycles. The Kier molecular flexibility index (Phi) is 7.65. The average molecular weight is 540 g/mol. The van der Waals surface area contributed by atoms with E-state index in [2.05, 4.69) is 16.3 Å². The Bertz CT molecular complexity index is 1610. The molecule has 2 atom stereocenters. The van der Waals surface area contributed by atoms with Crippen LogP contribution in [0.2, 0.25) is 0 Å². The number of methoxy groups -OCH3 is 2. The number of piperidine rings is 1. The van der Waals surface area contributed by atoms with Gasteiger partial charge in [0, 0.05) is 49.0 Å². The number of carbonyl (C=O) groups is 1. The molecule has 204 valence electrons. The summed E-state index contributed by atoms with van der Waals surface area (Å²) in [5, 5.41) is 13.3. The van der Waals surface area contributed by atoms with E-state index in [1.165, 1.54) is 19.2 Å². The molecule has 1 aliphatic rings. The number of ether oxygens (including phenoxy) is 2. The van der Waals surface area contributed by atoms with Crippen molar-refractivity contribution in [3.8, 4) is 28.3 Å². The Hall–Kier alpha value is -4.52. The number of rotatable bonds is 5. The zero-order valence-electron chi connectivity index (χ0n) is 22.6. The summed E-state index contributed by atoms with van der Waals surface area (Å²) in [6.07, 6.45) is 1.65. The lowest BCUT2D eigenvalue weighted by atomic mass is 9.94. The summed E-state index contributed by atoms with van der Waals surface area (Å²) in [6.45, 7) is 3.10. The summed E-state index contributed by atoms with van der Waals surface area (Å²) in [6, 6.07) is 18.0.